The summed E-state index contributed by atoms with van der Waals surface area (Å²) in [6, 6.07) is 44.1. The molecule has 8 aromatic rings. The Labute approximate surface area is 305 Å². The number of anilines is 4. The van der Waals surface area contributed by atoms with Crippen molar-refractivity contribution in [2.45, 2.75) is 0 Å². The summed E-state index contributed by atoms with van der Waals surface area (Å²) < 4.78 is 0. The molecule has 54 heavy (non-hydrogen) atoms. The van der Waals surface area contributed by atoms with Crippen molar-refractivity contribution < 1.29 is 9.85 Å². The van der Waals surface area contributed by atoms with Crippen molar-refractivity contribution in [2.75, 3.05) is 9.80 Å². The van der Waals surface area contributed by atoms with Gasteiger partial charge in [0.2, 0.25) is 0 Å². The van der Waals surface area contributed by atoms with Gasteiger partial charge in [0.05, 0.1) is 32.6 Å². The lowest BCUT2D eigenvalue weighted by atomic mass is 10.0. The van der Waals surface area contributed by atoms with Crippen LogP contribution in [0.1, 0.15) is 0 Å². The molecule has 2 aliphatic heterocycles. The fourth-order valence-electron chi connectivity index (χ4n) is 7.61. The number of azo groups is 1. The van der Waals surface area contributed by atoms with E-state index in [-0.39, 0.29) is 34.7 Å². The van der Waals surface area contributed by atoms with Crippen LogP contribution in [0.25, 0.3) is 43.1 Å². The monoisotopic (exact) mass is 704 g/mol. The highest BCUT2D eigenvalue weighted by molar-refractivity contribution is 6.24. The maximum atomic E-state index is 12.7. The van der Waals surface area contributed by atoms with Crippen molar-refractivity contribution in [3.05, 3.63) is 166 Å². The Hall–Kier alpha value is -7.86. The molecule has 2 heterocycles. The van der Waals surface area contributed by atoms with Crippen LogP contribution in [0.15, 0.2) is 166 Å². The molecule has 0 saturated carbocycles. The Balaban J connectivity index is 1.25. The Morgan fingerprint density at radius 2 is 0.833 bits per heavy atom. The van der Waals surface area contributed by atoms with Gasteiger partial charge in [-0.2, -0.15) is 0 Å². The van der Waals surface area contributed by atoms with E-state index in [4.69, 9.17) is 20.2 Å². The van der Waals surface area contributed by atoms with Gasteiger partial charge in [-0.3, -0.25) is 30.0 Å². The minimum absolute atomic E-state index is 0.0489. The van der Waals surface area contributed by atoms with Gasteiger partial charge in [-0.15, -0.1) is 10.2 Å². The molecule has 256 valence electrons. The van der Waals surface area contributed by atoms with Crippen LogP contribution in [-0.2, 0) is 0 Å². The second-order valence-corrected chi connectivity index (χ2v) is 12.8. The molecular formula is C42H24N8O4. The molecule has 12 nitrogen and oxygen atoms in total. The van der Waals surface area contributed by atoms with Gasteiger partial charge in [0.25, 0.3) is 23.3 Å². The van der Waals surface area contributed by atoms with Crippen LogP contribution in [0.5, 0.6) is 0 Å². The lowest BCUT2D eigenvalue weighted by molar-refractivity contribution is -0.384. The van der Waals surface area contributed by atoms with Crippen molar-refractivity contribution in [2.24, 2.45) is 20.2 Å². The summed E-state index contributed by atoms with van der Waals surface area (Å²) in [5, 5.41) is 41.2. The zero-order chi connectivity index (χ0) is 36.5. The van der Waals surface area contributed by atoms with Crippen molar-refractivity contribution >= 4 is 101 Å². The van der Waals surface area contributed by atoms with Gasteiger partial charge in [0, 0.05) is 33.7 Å². The van der Waals surface area contributed by atoms with Crippen LogP contribution >= 0.6 is 0 Å². The minimum Gasteiger partial charge on any atom is -0.270 e. The number of rotatable bonds is 4. The van der Waals surface area contributed by atoms with Crippen molar-refractivity contribution in [3.8, 4) is 0 Å². The number of guanidine groups is 2. The number of fused-ring (bicyclic) bond motifs is 2. The number of hydrogen-bond donors (Lipinski definition) is 0. The van der Waals surface area contributed by atoms with E-state index in [0.29, 0.717) is 33.5 Å². The topological polar surface area (TPSA) is 142 Å². The molecule has 0 spiro atoms. The largest absolute Gasteiger partial charge is 0.293 e. The first-order valence-corrected chi connectivity index (χ1v) is 17.0. The number of nitro groups is 2. The molecule has 8 aromatic carbocycles. The normalized spacial score (nSPS) is 13.6. The van der Waals surface area contributed by atoms with Crippen LogP contribution in [-0.4, -0.2) is 21.8 Å². The molecular weight excluding hydrogens is 681 g/mol. The molecule has 0 N–H and O–H groups in total. The van der Waals surface area contributed by atoms with E-state index in [1.165, 1.54) is 12.1 Å². The second-order valence-electron chi connectivity index (χ2n) is 12.8. The molecule has 0 fully saturated rings. The summed E-state index contributed by atoms with van der Waals surface area (Å²) >= 11 is 0. The number of aliphatic imine (C=N–C) groups is 2. The molecule has 0 radical (unpaired) electrons. The maximum absolute atomic E-state index is 12.7. The first-order valence-electron chi connectivity index (χ1n) is 17.0. The first-order chi connectivity index (χ1) is 26.5. The molecule has 0 amide bonds. The van der Waals surface area contributed by atoms with Gasteiger partial charge in [-0.1, -0.05) is 97.1 Å². The van der Waals surface area contributed by atoms with Crippen molar-refractivity contribution in [3.63, 3.8) is 0 Å². The molecule has 0 aliphatic carbocycles. The van der Waals surface area contributed by atoms with Crippen molar-refractivity contribution in [1.29, 1.82) is 0 Å². The predicted molar refractivity (Wildman–Crippen MR) is 212 cm³/mol. The number of nitro benzene ring substituents is 2. The Morgan fingerprint density at radius 3 is 1.26 bits per heavy atom. The highest BCUT2D eigenvalue weighted by atomic mass is 16.6. The third kappa shape index (κ3) is 4.63. The molecule has 0 aromatic heterocycles. The van der Waals surface area contributed by atoms with Gasteiger partial charge in [0.15, 0.2) is 0 Å². The van der Waals surface area contributed by atoms with Crippen LogP contribution in [0.4, 0.5) is 45.5 Å². The minimum atomic E-state index is -0.415. The van der Waals surface area contributed by atoms with Gasteiger partial charge in [-0.05, 0) is 57.9 Å². The average Bonchev–Trinajstić information content (AvgIpc) is 3.20. The fraction of sp³-hybridized carbons (Fsp3) is 0. The van der Waals surface area contributed by atoms with Crippen LogP contribution in [0, 0.1) is 20.2 Å². The summed E-state index contributed by atoms with van der Waals surface area (Å²) in [7, 11) is 0. The Morgan fingerprint density at radius 1 is 0.444 bits per heavy atom. The van der Waals surface area contributed by atoms with Gasteiger partial charge >= 0.3 is 0 Å². The smallest absolute Gasteiger partial charge is 0.270 e. The van der Waals surface area contributed by atoms with E-state index in [0.717, 1.165) is 32.3 Å². The number of benzene rings is 8. The quantitative estimate of drug-likeness (QED) is 0.101. The first kappa shape index (κ1) is 30.9. The summed E-state index contributed by atoms with van der Waals surface area (Å²) in [6.45, 7) is 0. The third-order valence-corrected chi connectivity index (χ3v) is 9.87. The van der Waals surface area contributed by atoms with Gasteiger partial charge in [0.1, 0.15) is 11.4 Å². The molecule has 10 rings (SSSR count). The average molecular weight is 705 g/mol. The van der Waals surface area contributed by atoms with Crippen molar-refractivity contribution in [1.82, 2.24) is 0 Å². The summed E-state index contributed by atoms with van der Waals surface area (Å²) in [4.78, 5) is 37.9. The molecule has 12 heteroatoms. The molecule has 0 atom stereocenters. The lowest BCUT2D eigenvalue weighted by Gasteiger charge is -2.30. The maximum Gasteiger partial charge on any atom is 0.293 e. The zero-order valence-corrected chi connectivity index (χ0v) is 28.1. The van der Waals surface area contributed by atoms with E-state index >= 15 is 0 Å². The lowest BCUT2D eigenvalue weighted by Crippen LogP contribution is -2.30. The SMILES string of the molecule is O=[N+]([O-])c1ccc2ccccc2c1N1C(/N=N/C2=Nc3cccc4cccc(c34)N2c2c([N+](=O)[O-])ccc3ccccc23)=Nc2cccc3cccc1c23. The number of hydrogen-bond acceptors (Lipinski definition) is 10. The van der Waals surface area contributed by atoms with Crippen LogP contribution in [0.3, 0.4) is 0 Å². The standard InChI is InChI=1S/C42H24N8O4/c51-49(52)35-23-21-25-9-1-3-15-29(25)39(35)47-33-19-7-13-27-11-5-17-31(37(27)33)43-41(47)45-46-42-44-32-18-6-12-28-14-8-20-34(38(28)32)48(42)40-30-16-4-2-10-26(30)22-24-36(40)50(53)54/h1-24H/b46-45+. The van der Waals surface area contributed by atoms with Crippen LogP contribution < -0.4 is 9.80 Å². The Kier molecular flexibility index (Phi) is 6.79. The predicted octanol–water partition coefficient (Wildman–Crippen LogP) is 11.5. The Bertz CT molecular complexity index is 2830. The highest BCUT2D eigenvalue weighted by Crippen LogP contribution is 2.49. The summed E-state index contributed by atoms with van der Waals surface area (Å²) in [5.74, 6) is 0.0978. The van der Waals surface area contributed by atoms with Gasteiger partial charge < -0.3 is 0 Å². The van der Waals surface area contributed by atoms with E-state index in [9.17, 15) is 20.2 Å². The van der Waals surface area contributed by atoms with E-state index < -0.39 is 9.85 Å². The van der Waals surface area contributed by atoms with E-state index in [1.807, 2.05) is 121 Å². The second kappa shape index (κ2) is 11.9. The fourth-order valence-corrected chi connectivity index (χ4v) is 7.61. The highest BCUT2D eigenvalue weighted by Gasteiger charge is 2.34. The number of nitrogens with zero attached hydrogens (tertiary/aromatic N) is 8. The van der Waals surface area contributed by atoms with E-state index in [2.05, 4.69) is 0 Å². The molecule has 0 unspecified atom stereocenters. The molecule has 0 saturated heterocycles. The molecule has 0 bridgehead atoms. The van der Waals surface area contributed by atoms with Crippen LogP contribution in [0.2, 0.25) is 0 Å². The summed E-state index contributed by atoms with van der Waals surface area (Å²) in [6.07, 6.45) is 0. The van der Waals surface area contributed by atoms with Gasteiger partial charge in [-0.25, -0.2) is 9.98 Å². The third-order valence-electron chi connectivity index (χ3n) is 9.87. The molecule has 2 aliphatic rings. The van der Waals surface area contributed by atoms with E-state index in [1.54, 1.807) is 21.9 Å². The summed E-state index contributed by atoms with van der Waals surface area (Å²) in [5.41, 5.74) is 2.76. The zero-order valence-electron chi connectivity index (χ0n) is 28.1.